The van der Waals surface area contributed by atoms with Crippen molar-refractivity contribution in [3.63, 3.8) is 0 Å². The predicted octanol–water partition coefficient (Wildman–Crippen LogP) is -0.704. The van der Waals surface area contributed by atoms with Crippen LogP contribution in [0.25, 0.3) is 0 Å². The Kier molecular flexibility index (Phi) is 4.26. The molecule has 0 aliphatic rings. The van der Waals surface area contributed by atoms with Crippen molar-refractivity contribution in [2.24, 2.45) is 5.73 Å². The van der Waals surface area contributed by atoms with Crippen molar-refractivity contribution in [3.8, 4) is 0 Å². The number of aromatic nitrogens is 2. The van der Waals surface area contributed by atoms with Crippen molar-refractivity contribution in [3.05, 3.63) is 18.2 Å². The van der Waals surface area contributed by atoms with Gasteiger partial charge in [0.25, 0.3) is 0 Å². The maximum atomic E-state index is 11.0. The van der Waals surface area contributed by atoms with Crippen LogP contribution in [-0.4, -0.2) is 52.1 Å². The van der Waals surface area contributed by atoms with Gasteiger partial charge in [0.2, 0.25) is 0 Å². The van der Waals surface area contributed by atoms with E-state index in [-0.39, 0.29) is 0 Å². The summed E-state index contributed by atoms with van der Waals surface area (Å²) < 4.78 is 0. The molecule has 0 aromatic carbocycles. The van der Waals surface area contributed by atoms with Crippen LogP contribution < -0.4 is 5.73 Å². The zero-order chi connectivity index (χ0) is 11.3. The number of hydrogen-bond donors (Lipinski definition) is 3. The van der Waals surface area contributed by atoms with Gasteiger partial charge < -0.3 is 15.8 Å². The molecule has 1 rings (SSSR count). The molecule has 0 saturated carbocycles. The highest BCUT2D eigenvalue weighted by molar-refractivity contribution is 5.73. The van der Waals surface area contributed by atoms with Crippen LogP contribution in [0.1, 0.15) is 5.69 Å². The second kappa shape index (κ2) is 5.47. The van der Waals surface area contributed by atoms with E-state index in [9.17, 15) is 4.79 Å². The molecule has 6 heteroatoms. The van der Waals surface area contributed by atoms with Gasteiger partial charge >= 0.3 is 5.97 Å². The van der Waals surface area contributed by atoms with E-state index in [1.54, 1.807) is 18.1 Å². The summed E-state index contributed by atoms with van der Waals surface area (Å²) in [5.41, 5.74) is 6.20. The Bertz CT molecular complexity index is 299. The number of aliphatic carboxylic acids is 1. The van der Waals surface area contributed by atoms with Crippen LogP contribution in [0, 0.1) is 0 Å². The average molecular weight is 212 g/mol. The second-order valence-electron chi connectivity index (χ2n) is 3.40. The standard InChI is InChI=1S/C9H16N4O2/c1-13(3-2-10)8(9(14)15)4-7-5-11-6-12-7/h5-6,8H,2-4,10H2,1H3,(H,11,12)(H,14,15). The van der Waals surface area contributed by atoms with Crippen LogP contribution in [0.3, 0.4) is 0 Å². The topological polar surface area (TPSA) is 95.2 Å². The monoisotopic (exact) mass is 212 g/mol. The lowest BCUT2D eigenvalue weighted by atomic mass is 10.1. The molecular formula is C9H16N4O2. The van der Waals surface area contributed by atoms with Crippen molar-refractivity contribution in [2.45, 2.75) is 12.5 Å². The lowest BCUT2D eigenvalue weighted by Crippen LogP contribution is -2.42. The number of likely N-dealkylation sites (N-methyl/N-ethyl adjacent to an activating group) is 1. The highest BCUT2D eigenvalue weighted by atomic mass is 16.4. The molecule has 15 heavy (non-hydrogen) atoms. The molecule has 0 saturated heterocycles. The first-order chi connectivity index (χ1) is 7.15. The fourth-order valence-corrected chi connectivity index (χ4v) is 1.40. The van der Waals surface area contributed by atoms with Crippen LogP contribution in [0.15, 0.2) is 12.5 Å². The largest absolute Gasteiger partial charge is 0.480 e. The highest BCUT2D eigenvalue weighted by Gasteiger charge is 2.22. The van der Waals surface area contributed by atoms with Gasteiger partial charge in [-0.2, -0.15) is 0 Å². The van der Waals surface area contributed by atoms with Crippen LogP contribution >= 0.6 is 0 Å². The highest BCUT2D eigenvalue weighted by Crippen LogP contribution is 2.04. The minimum absolute atomic E-state index is 0.409. The number of carboxylic acid groups (broad SMARTS) is 1. The molecule has 0 aliphatic carbocycles. The third-order valence-corrected chi connectivity index (χ3v) is 2.27. The fourth-order valence-electron chi connectivity index (χ4n) is 1.40. The van der Waals surface area contributed by atoms with Crippen LogP contribution in [-0.2, 0) is 11.2 Å². The summed E-state index contributed by atoms with van der Waals surface area (Å²) >= 11 is 0. The molecule has 1 atom stereocenters. The van der Waals surface area contributed by atoms with Crippen molar-refractivity contribution < 1.29 is 9.90 Å². The Morgan fingerprint density at radius 1 is 1.80 bits per heavy atom. The number of carboxylic acids is 1. The van der Waals surface area contributed by atoms with Crippen molar-refractivity contribution >= 4 is 5.97 Å². The Hall–Kier alpha value is -1.40. The van der Waals surface area contributed by atoms with Gasteiger partial charge in [-0.25, -0.2) is 4.98 Å². The first kappa shape index (κ1) is 11.7. The minimum atomic E-state index is -0.847. The third-order valence-electron chi connectivity index (χ3n) is 2.27. The summed E-state index contributed by atoms with van der Waals surface area (Å²) in [6, 6.07) is -0.561. The van der Waals surface area contributed by atoms with Gasteiger partial charge in [-0.1, -0.05) is 0 Å². The molecule has 0 spiro atoms. The zero-order valence-electron chi connectivity index (χ0n) is 8.68. The van der Waals surface area contributed by atoms with Gasteiger partial charge in [-0.05, 0) is 7.05 Å². The molecule has 0 fully saturated rings. The predicted molar refractivity (Wildman–Crippen MR) is 55.4 cm³/mol. The minimum Gasteiger partial charge on any atom is -0.480 e. The first-order valence-electron chi connectivity index (χ1n) is 4.75. The van der Waals surface area contributed by atoms with Gasteiger partial charge in [0, 0.05) is 31.4 Å². The number of imidazole rings is 1. The number of hydrogen-bond acceptors (Lipinski definition) is 4. The third kappa shape index (κ3) is 3.34. The maximum Gasteiger partial charge on any atom is 0.321 e. The summed E-state index contributed by atoms with van der Waals surface area (Å²) in [5.74, 6) is -0.847. The Labute approximate surface area is 88.1 Å². The molecule has 1 aromatic rings. The van der Waals surface area contributed by atoms with E-state index < -0.39 is 12.0 Å². The summed E-state index contributed by atoms with van der Waals surface area (Å²) in [6.45, 7) is 1.01. The lowest BCUT2D eigenvalue weighted by molar-refractivity contribution is -0.142. The van der Waals surface area contributed by atoms with E-state index in [1.165, 1.54) is 6.33 Å². The molecule has 1 unspecified atom stereocenters. The van der Waals surface area contributed by atoms with E-state index in [1.807, 2.05) is 0 Å². The van der Waals surface area contributed by atoms with E-state index in [4.69, 9.17) is 10.8 Å². The van der Waals surface area contributed by atoms with Gasteiger partial charge in [0.1, 0.15) is 6.04 Å². The summed E-state index contributed by atoms with van der Waals surface area (Å²) in [6.07, 6.45) is 3.58. The van der Waals surface area contributed by atoms with E-state index in [2.05, 4.69) is 9.97 Å². The van der Waals surface area contributed by atoms with Gasteiger partial charge in [-0.15, -0.1) is 0 Å². The number of H-pyrrole nitrogens is 1. The smallest absolute Gasteiger partial charge is 0.321 e. The van der Waals surface area contributed by atoms with Crippen LogP contribution in [0.4, 0.5) is 0 Å². The Balaban J connectivity index is 2.62. The van der Waals surface area contributed by atoms with E-state index >= 15 is 0 Å². The fraction of sp³-hybridized carbons (Fsp3) is 0.556. The normalized spacial score (nSPS) is 13.0. The van der Waals surface area contributed by atoms with Crippen molar-refractivity contribution in [2.75, 3.05) is 20.1 Å². The molecule has 0 aliphatic heterocycles. The molecule has 0 bridgehead atoms. The second-order valence-corrected chi connectivity index (χ2v) is 3.40. The molecule has 6 nitrogen and oxygen atoms in total. The molecule has 1 heterocycles. The summed E-state index contributed by atoms with van der Waals surface area (Å²) in [5, 5.41) is 9.05. The maximum absolute atomic E-state index is 11.0. The number of carbonyl (C=O) groups is 1. The van der Waals surface area contributed by atoms with Crippen LogP contribution in [0.2, 0.25) is 0 Å². The molecule has 4 N–H and O–H groups in total. The zero-order valence-corrected chi connectivity index (χ0v) is 8.68. The van der Waals surface area contributed by atoms with Gasteiger partial charge in [-0.3, -0.25) is 9.69 Å². The first-order valence-corrected chi connectivity index (χ1v) is 4.75. The Morgan fingerprint density at radius 3 is 3.00 bits per heavy atom. The Morgan fingerprint density at radius 2 is 2.53 bits per heavy atom. The average Bonchev–Trinajstić information content (AvgIpc) is 2.66. The van der Waals surface area contributed by atoms with E-state index in [0.29, 0.717) is 19.5 Å². The van der Waals surface area contributed by atoms with E-state index in [0.717, 1.165) is 5.69 Å². The number of nitrogens with one attached hydrogen (secondary N) is 1. The lowest BCUT2D eigenvalue weighted by Gasteiger charge is -2.23. The van der Waals surface area contributed by atoms with Crippen molar-refractivity contribution in [1.82, 2.24) is 14.9 Å². The van der Waals surface area contributed by atoms with Gasteiger partial charge in [0.15, 0.2) is 0 Å². The molecular weight excluding hydrogens is 196 g/mol. The summed E-state index contributed by atoms with van der Waals surface area (Å²) in [4.78, 5) is 19.5. The number of nitrogens with two attached hydrogens (primary N) is 1. The molecule has 1 aromatic heterocycles. The number of rotatable bonds is 6. The summed E-state index contributed by atoms with van der Waals surface area (Å²) in [7, 11) is 1.75. The van der Waals surface area contributed by atoms with Crippen molar-refractivity contribution in [1.29, 1.82) is 0 Å². The van der Waals surface area contributed by atoms with Gasteiger partial charge in [0.05, 0.1) is 6.33 Å². The molecule has 0 radical (unpaired) electrons. The number of aromatic amines is 1. The SMILES string of the molecule is CN(CCN)C(Cc1cnc[nH]1)C(=O)O. The molecule has 84 valence electrons. The molecule has 0 amide bonds. The number of nitrogens with zero attached hydrogens (tertiary/aromatic N) is 2. The quantitative estimate of drug-likeness (QED) is 0.579. The van der Waals surface area contributed by atoms with Crippen LogP contribution in [0.5, 0.6) is 0 Å².